The lowest BCUT2D eigenvalue weighted by Gasteiger charge is -2.22. The molecule has 0 aliphatic rings. The molecule has 5 heteroatoms. The number of rotatable bonds is 7. The van der Waals surface area contributed by atoms with Gasteiger partial charge in [-0.05, 0) is 54.8 Å². The second kappa shape index (κ2) is 7.62. The average molecular weight is 333 g/mol. The Balaban J connectivity index is 1.75. The molecule has 2 N–H and O–H groups in total. The van der Waals surface area contributed by atoms with E-state index in [2.05, 4.69) is 5.32 Å². The number of hydrogen-bond acceptors (Lipinski definition) is 4. The predicted molar refractivity (Wildman–Crippen MR) is 92.9 cm³/mol. The molecule has 2 aromatic rings. The van der Waals surface area contributed by atoms with Gasteiger partial charge in [-0.3, -0.25) is 4.79 Å². The highest BCUT2D eigenvalue weighted by Crippen LogP contribution is 2.22. The number of nitrogens with one attached hydrogen (secondary N) is 1. The van der Waals surface area contributed by atoms with Crippen LogP contribution in [-0.4, -0.2) is 24.2 Å². The Hall–Kier alpha value is -1.85. The third-order valence-electron chi connectivity index (χ3n) is 3.69. The van der Waals surface area contributed by atoms with Crippen LogP contribution in [0.3, 0.4) is 0 Å². The van der Waals surface area contributed by atoms with E-state index in [-0.39, 0.29) is 18.9 Å². The zero-order valence-electron chi connectivity index (χ0n) is 13.8. The van der Waals surface area contributed by atoms with Crippen LogP contribution >= 0.6 is 11.3 Å². The Labute approximate surface area is 141 Å². The summed E-state index contributed by atoms with van der Waals surface area (Å²) in [5, 5.41) is 16.9. The number of ether oxygens (including phenoxy) is 1. The van der Waals surface area contributed by atoms with Crippen LogP contribution in [-0.2, 0) is 10.4 Å². The van der Waals surface area contributed by atoms with Crippen LogP contribution in [0, 0.1) is 13.8 Å². The fourth-order valence-corrected chi connectivity index (χ4v) is 3.03. The molecule has 0 saturated carbocycles. The van der Waals surface area contributed by atoms with Crippen molar-refractivity contribution in [2.45, 2.75) is 32.8 Å². The number of amides is 1. The molecular weight excluding hydrogens is 310 g/mol. The fraction of sp³-hybridized carbons (Fsp3) is 0.389. The number of hydrogen-bond donors (Lipinski definition) is 2. The molecule has 0 aliphatic heterocycles. The second-order valence-electron chi connectivity index (χ2n) is 5.93. The van der Waals surface area contributed by atoms with Crippen molar-refractivity contribution in [1.29, 1.82) is 0 Å². The fourth-order valence-electron chi connectivity index (χ4n) is 2.25. The quantitative estimate of drug-likeness (QED) is 0.818. The van der Waals surface area contributed by atoms with E-state index in [1.54, 1.807) is 6.92 Å². The average Bonchev–Trinajstić information content (AvgIpc) is 3.03. The standard InChI is InChI=1S/C18H23NO3S/c1-13-4-5-16(14(2)10-13)22-8-6-17(20)19-12-18(3,21)15-7-9-23-11-15/h4-5,7,9-11,21H,6,8,12H2,1-3H3,(H,19,20). The van der Waals surface area contributed by atoms with Crippen molar-refractivity contribution in [3.63, 3.8) is 0 Å². The zero-order valence-corrected chi connectivity index (χ0v) is 14.6. The first kappa shape index (κ1) is 17.5. The minimum atomic E-state index is -1.05. The molecule has 1 heterocycles. The molecule has 0 saturated heterocycles. The molecule has 0 fully saturated rings. The van der Waals surface area contributed by atoms with Gasteiger partial charge in [-0.2, -0.15) is 11.3 Å². The van der Waals surface area contributed by atoms with Crippen LogP contribution in [0.25, 0.3) is 0 Å². The molecule has 0 spiro atoms. The lowest BCUT2D eigenvalue weighted by molar-refractivity contribution is -0.122. The van der Waals surface area contributed by atoms with Crippen molar-refractivity contribution >= 4 is 17.2 Å². The van der Waals surface area contributed by atoms with E-state index in [9.17, 15) is 9.90 Å². The van der Waals surface area contributed by atoms with Gasteiger partial charge in [-0.1, -0.05) is 17.7 Å². The predicted octanol–water partition coefficient (Wildman–Crippen LogP) is 3.16. The van der Waals surface area contributed by atoms with Gasteiger partial charge in [0, 0.05) is 0 Å². The molecular formula is C18H23NO3S. The van der Waals surface area contributed by atoms with Crippen molar-refractivity contribution in [1.82, 2.24) is 5.32 Å². The minimum Gasteiger partial charge on any atom is -0.493 e. The largest absolute Gasteiger partial charge is 0.493 e. The summed E-state index contributed by atoms with van der Waals surface area (Å²) in [5.41, 5.74) is 2.01. The van der Waals surface area contributed by atoms with Crippen molar-refractivity contribution in [3.8, 4) is 5.75 Å². The Bertz CT molecular complexity index is 650. The SMILES string of the molecule is Cc1ccc(OCCC(=O)NCC(C)(O)c2ccsc2)c(C)c1. The molecule has 1 aromatic heterocycles. The molecule has 1 aromatic carbocycles. The third-order valence-corrected chi connectivity index (χ3v) is 4.37. The maximum absolute atomic E-state index is 11.9. The Kier molecular flexibility index (Phi) is 5.80. The Morgan fingerprint density at radius 1 is 1.35 bits per heavy atom. The number of aryl methyl sites for hydroxylation is 2. The number of carbonyl (C=O) groups is 1. The highest BCUT2D eigenvalue weighted by Gasteiger charge is 2.24. The van der Waals surface area contributed by atoms with E-state index in [4.69, 9.17) is 4.74 Å². The van der Waals surface area contributed by atoms with Crippen LogP contribution in [0.2, 0.25) is 0 Å². The normalized spacial score (nSPS) is 13.4. The molecule has 4 nitrogen and oxygen atoms in total. The molecule has 0 radical (unpaired) electrons. The first-order chi connectivity index (χ1) is 10.9. The lowest BCUT2D eigenvalue weighted by Crippen LogP contribution is -2.38. The minimum absolute atomic E-state index is 0.134. The van der Waals surface area contributed by atoms with Gasteiger partial charge in [-0.15, -0.1) is 0 Å². The topological polar surface area (TPSA) is 58.6 Å². The second-order valence-corrected chi connectivity index (χ2v) is 6.71. The van der Waals surface area contributed by atoms with Gasteiger partial charge >= 0.3 is 0 Å². The lowest BCUT2D eigenvalue weighted by atomic mass is 9.99. The van der Waals surface area contributed by atoms with E-state index in [0.29, 0.717) is 6.61 Å². The van der Waals surface area contributed by atoms with E-state index in [1.807, 2.05) is 48.9 Å². The van der Waals surface area contributed by atoms with Crippen molar-refractivity contribution in [2.75, 3.05) is 13.2 Å². The molecule has 0 bridgehead atoms. The van der Waals surface area contributed by atoms with Crippen LogP contribution in [0.15, 0.2) is 35.0 Å². The van der Waals surface area contributed by atoms with Crippen molar-refractivity contribution in [2.24, 2.45) is 0 Å². The monoisotopic (exact) mass is 333 g/mol. The maximum Gasteiger partial charge on any atom is 0.223 e. The van der Waals surface area contributed by atoms with Gasteiger partial charge in [-0.25, -0.2) is 0 Å². The molecule has 2 rings (SSSR count). The summed E-state index contributed by atoms with van der Waals surface area (Å²) >= 11 is 1.52. The number of carbonyl (C=O) groups excluding carboxylic acids is 1. The third kappa shape index (κ3) is 5.08. The zero-order chi connectivity index (χ0) is 16.9. The summed E-state index contributed by atoms with van der Waals surface area (Å²) in [7, 11) is 0. The smallest absolute Gasteiger partial charge is 0.223 e. The van der Waals surface area contributed by atoms with Crippen LogP contribution in [0.5, 0.6) is 5.75 Å². The van der Waals surface area contributed by atoms with Crippen molar-refractivity contribution < 1.29 is 14.6 Å². The van der Waals surface area contributed by atoms with Crippen LogP contribution in [0.4, 0.5) is 0 Å². The molecule has 1 amide bonds. The van der Waals surface area contributed by atoms with E-state index >= 15 is 0 Å². The number of benzene rings is 1. The first-order valence-electron chi connectivity index (χ1n) is 7.60. The van der Waals surface area contributed by atoms with Gasteiger partial charge in [0.1, 0.15) is 11.4 Å². The summed E-state index contributed by atoms with van der Waals surface area (Å²) in [6, 6.07) is 7.82. The molecule has 1 atom stereocenters. The number of aliphatic hydroxyl groups is 1. The van der Waals surface area contributed by atoms with Gasteiger partial charge in [0.2, 0.25) is 5.91 Å². The summed E-state index contributed by atoms with van der Waals surface area (Å²) in [4.78, 5) is 11.9. The highest BCUT2D eigenvalue weighted by molar-refractivity contribution is 7.08. The Morgan fingerprint density at radius 3 is 2.78 bits per heavy atom. The van der Waals surface area contributed by atoms with Crippen molar-refractivity contribution in [3.05, 3.63) is 51.7 Å². The van der Waals surface area contributed by atoms with E-state index < -0.39 is 5.60 Å². The number of thiophene rings is 1. The summed E-state index contributed by atoms with van der Waals surface area (Å²) < 4.78 is 5.64. The molecule has 0 aliphatic carbocycles. The van der Waals surface area contributed by atoms with E-state index in [1.165, 1.54) is 16.9 Å². The molecule has 23 heavy (non-hydrogen) atoms. The highest BCUT2D eigenvalue weighted by atomic mass is 32.1. The Morgan fingerprint density at radius 2 is 2.13 bits per heavy atom. The van der Waals surface area contributed by atoms with Crippen LogP contribution < -0.4 is 10.1 Å². The molecule has 124 valence electrons. The van der Waals surface area contributed by atoms with Gasteiger partial charge in [0.15, 0.2) is 0 Å². The van der Waals surface area contributed by atoms with E-state index in [0.717, 1.165) is 16.9 Å². The summed E-state index contributed by atoms with van der Waals surface area (Å²) in [6.07, 6.45) is 0.257. The summed E-state index contributed by atoms with van der Waals surface area (Å²) in [5.74, 6) is 0.666. The summed E-state index contributed by atoms with van der Waals surface area (Å²) in [6.45, 7) is 6.22. The molecule has 1 unspecified atom stereocenters. The van der Waals surface area contributed by atoms with Crippen LogP contribution in [0.1, 0.15) is 30.0 Å². The van der Waals surface area contributed by atoms with Gasteiger partial charge in [0.05, 0.1) is 19.6 Å². The first-order valence-corrected chi connectivity index (χ1v) is 8.54. The van der Waals surface area contributed by atoms with Gasteiger partial charge in [0.25, 0.3) is 0 Å². The van der Waals surface area contributed by atoms with Gasteiger partial charge < -0.3 is 15.2 Å². The maximum atomic E-state index is 11.9.